The van der Waals surface area contributed by atoms with E-state index >= 15 is 0 Å². The lowest BCUT2D eigenvalue weighted by atomic mass is 10.1. The van der Waals surface area contributed by atoms with Crippen LogP contribution in [0.2, 0.25) is 0 Å². The molecule has 1 aromatic carbocycles. The summed E-state index contributed by atoms with van der Waals surface area (Å²) < 4.78 is 7.51. The minimum atomic E-state index is -0.241. The van der Waals surface area contributed by atoms with Crippen molar-refractivity contribution in [3.05, 3.63) is 27.7 Å². The summed E-state index contributed by atoms with van der Waals surface area (Å²) in [6, 6.07) is 3.92. The van der Waals surface area contributed by atoms with Crippen molar-refractivity contribution in [2.24, 2.45) is 0 Å². The lowest BCUT2D eigenvalue weighted by Gasteiger charge is -2.12. The normalized spacial score (nSPS) is 10.6. The van der Waals surface area contributed by atoms with E-state index in [4.69, 9.17) is 4.74 Å². The van der Waals surface area contributed by atoms with Gasteiger partial charge in [-0.15, -0.1) is 10.2 Å². The Hall–Kier alpha value is -1.12. The van der Waals surface area contributed by atoms with E-state index in [0.29, 0.717) is 5.13 Å². The maximum atomic E-state index is 12.0. The molecule has 2 rings (SSSR count). The number of halogens is 1. The van der Waals surface area contributed by atoms with Crippen LogP contribution in [0, 0.1) is 13.8 Å². The second-order valence-corrected chi connectivity index (χ2v) is 8.16. The third-order valence-electron chi connectivity index (χ3n) is 2.86. The zero-order valence-electron chi connectivity index (χ0n) is 13.2. The maximum Gasteiger partial charge on any atom is 0.264 e. The van der Waals surface area contributed by atoms with E-state index in [1.54, 1.807) is 11.8 Å². The van der Waals surface area contributed by atoms with E-state index in [0.717, 1.165) is 37.9 Å². The quantitative estimate of drug-likeness (QED) is 0.534. The number of aryl methyl sites for hydroxylation is 2. The number of thioether (sulfide) groups is 1. The lowest BCUT2D eigenvalue weighted by Crippen LogP contribution is -2.20. The fraction of sp³-hybridized carbons (Fsp3) is 0.400. The maximum absolute atomic E-state index is 12.0. The summed E-state index contributed by atoms with van der Waals surface area (Å²) in [5.41, 5.74) is 1.97. The minimum absolute atomic E-state index is 0.0552. The monoisotopic (exact) mass is 415 g/mol. The molecule has 23 heavy (non-hydrogen) atoms. The molecule has 1 heterocycles. The highest BCUT2D eigenvalue weighted by Crippen LogP contribution is 2.28. The molecule has 0 aliphatic carbocycles. The van der Waals surface area contributed by atoms with Gasteiger partial charge in [0.15, 0.2) is 10.9 Å². The van der Waals surface area contributed by atoms with E-state index in [2.05, 4.69) is 38.4 Å². The summed E-state index contributed by atoms with van der Waals surface area (Å²) in [4.78, 5) is 12.0. The molecule has 0 saturated carbocycles. The molecule has 8 heteroatoms. The summed E-state index contributed by atoms with van der Waals surface area (Å²) >= 11 is 6.46. The van der Waals surface area contributed by atoms with Crippen LogP contribution in [-0.4, -0.2) is 28.5 Å². The van der Waals surface area contributed by atoms with Crippen LogP contribution in [0.25, 0.3) is 0 Å². The molecule has 0 bridgehead atoms. The third-order valence-corrected chi connectivity index (χ3v) is 5.49. The van der Waals surface area contributed by atoms with E-state index < -0.39 is 0 Å². The number of rotatable bonds is 7. The number of nitrogens with zero attached hydrogens (tertiary/aromatic N) is 2. The van der Waals surface area contributed by atoms with E-state index in [1.807, 2.05) is 26.0 Å². The minimum Gasteiger partial charge on any atom is -0.483 e. The summed E-state index contributed by atoms with van der Waals surface area (Å²) in [5, 5.41) is 11.2. The largest absolute Gasteiger partial charge is 0.483 e. The molecule has 0 atom stereocenters. The van der Waals surface area contributed by atoms with Gasteiger partial charge in [0.05, 0.1) is 0 Å². The fourth-order valence-corrected chi connectivity index (χ4v) is 4.31. The number of carbonyl (C=O) groups is 1. The number of nitrogens with one attached hydrogen (secondary N) is 1. The van der Waals surface area contributed by atoms with Crippen molar-refractivity contribution in [2.45, 2.75) is 31.5 Å². The summed E-state index contributed by atoms with van der Waals surface area (Å²) in [6.07, 6.45) is 1.08. The number of hydrogen-bond donors (Lipinski definition) is 1. The number of hydrogen-bond acceptors (Lipinski definition) is 6. The van der Waals surface area contributed by atoms with Gasteiger partial charge in [0, 0.05) is 10.2 Å². The Morgan fingerprint density at radius 3 is 2.70 bits per heavy atom. The average Bonchev–Trinajstić information content (AvgIpc) is 2.91. The molecule has 0 fully saturated rings. The topological polar surface area (TPSA) is 64.1 Å². The predicted molar refractivity (Wildman–Crippen MR) is 98.7 cm³/mol. The van der Waals surface area contributed by atoms with Gasteiger partial charge in [-0.1, -0.05) is 46.0 Å². The number of benzene rings is 1. The Morgan fingerprint density at radius 1 is 1.35 bits per heavy atom. The standard InChI is InChI=1S/C15H18BrN3O2S2/c1-4-5-22-15-19-18-14(23-15)17-12(20)8-21-13-9(2)6-11(16)7-10(13)3/h6-7H,4-5,8H2,1-3H3,(H,17,18,20). The van der Waals surface area contributed by atoms with Gasteiger partial charge >= 0.3 is 0 Å². The molecule has 0 saturated heterocycles. The Labute approximate surface area is 152 Å². The van der Waals surface area contributed by atoms with Crippen LogP contribution in [0.4, 0.5) is 5.13 Å². The first kappa shape index (κ1) is 18.2. The first-order valence-corrected chi connectivity index (χ1v) is 9.74. The number of aromatic nitrogens is 2. The Bertz CT molecular complexity index is 668. The first-order chi connectivity index (χ1) is 11.0. The van der Waals surface area contributed by atoms with Crippen molar-refractivity contribution >= 4 is 50.1 Å². The van der Waals surface area contributed by atoms with Crippen molar-refractivity contribution in [2.75, 3.05) is 17.7 Å². The van der Waals surface area contributed by atoms with E-state index in [1.165, 1.54) is 11.3 Å². The van der Waals surface area contributed by atoms with Crippen molar-refractivity contribution in [1.82, 2.24) is 10.2 Å². The van der Waals surface area contributed by atoms with Crippen LogP contribution in [0.1, 0.15) is 24.5 Å². The van der Waals surface area contributed by atoms with Crippen LogP contribution < -0.4 is 10.1 Å². The van der Waals surface area contributed by atoms with Gasteiger partial charge in [0.1, 0.15) is 5.75 Å². The summed E-state index contributed by atoms with van der Waals surface area (Å²) in [6.45, 7) is 5.96. The highest BCUT2D eigenvalue weighted by atomic mass is 79.9. The number of amides is 1. The Kier molecular flexibility index (Phi) is 6.86. The molecule has 1 N–H and O–H groups in total. The zero-order chi connectivity index (χ0) is 16.8. The summed E-state index contributed by atoms with van der Waals surface area (Å²) in [7, 11) is 0. The Morgan fingerprint density at radius 2 is 2.04 bits per heavy atom. The van der Waals surface area contributed by atoms with Gasteiger partial charge in [-0.3, -0.25) is 10.1 Å². The van der Waals surface area contributed by atoms with Crippen LogP contribution in [0.5, 0.6) is 5.75 Å². The molecule has 0 radical (unpaired) electrons. The van der Waals surface area contributed by atoms with Crippen molar-refractivity contribution in [1.29, 1.82) is 0 Å². The van der Waals surface area contributed by atoms with Gasteiger partial charge < -0.3 is 4.74 Å². The van der Waals surface area contributed by atoms with Crippen LogP contribution in [0.15, 0.2) is 20.9 Å². The van der Waals surface area contributed by atoms with Gasteiger partial charge in [0.25, 0.3) is 5.91 Å². The molecular formula is C15H18BrN3O2S2. The van der Waals surface area contributed by atoms with Gasteiger partial charge in [-0.25, -0.2) is 0 Å². The van der Waals surface area contributed by atoms with Crippen LogP contribution in [0.3, 0.4) is 0 Å². The van der Waals surface area contributed by atoms with Crippen LogP contribution >= 0.6 is 39.0 Å². The average molecular weight is 416 g/mol. The summed E-state index contributed by atoms with van der Waals surface area (Å²) in [5.74, 6) is 1.49. The molecule has 1 aromatic heterocycles. The molecule has 0 aliphatic heterocycles. The van der Waals surface area contributed by atoms with Gasteiger partial charge in [-0.2, -0.15) is 0 Å². The molecule has 124 valence electrons. The first-order valence-electron chi connectivity index (χ1n) is 7.15. The molecule has 0 unspecified atom stereocenters. The highest BCUT2D eigenvalue weighted by molar-refractivity contribution is 9.10. The molecule has 2 aromatic rings. The number of anilines is 1. The molecule has 5 nitrogen and oxygen atoms in total. The molecule has 0 spiro atoms. The van der Waals surface area contributed by atoms with Crippen LogP contribution in [-0.2, 0) is 4.79 Å². The van der Waals surface area contributed by atoms with Crippen molar-refractivity contribution in [3.8, 4) is 5.75 Å². The van der Waals surface area contributed by atoms with E-state index in [9.17, 15) is 4.79 Å². The molecule has 1 amide bonds. The Balaban J connectivity index is 1.89. The highest BCUT2D eigenvalue weighted by Gasteiger charge is 2.11. The molecular weight excluding hydrogens is 398 g/mol. The number of carbonyl (C=O) groups excluding carboxylic acids is 1. The van der Waals surface area contributed by atoms with Crippen molar-refractivity contribution in [3.63, 3.8) is 0 Å². The lowest BCUT2D eigenvalue weighted by molar-refractivity contribution is -0.118. The third kappa shape index (κ3) is 5.47. The second kappa shape index (κ2) is 8.65. The SMILES string of the molecule is CCCSc1nnc(NC(=O)COc2c(C)cc(Br)cc2C)s1. The van der Waals surface area contributed by atoms with Gasteiger partial charge in [0.2, 0.25) is 5.13 Å². The fourth-order valence-electron chi connectivity index (χ4n) is 1.93. The van der Waals surface area contributed by atoms with E-state index in [-0.39, 0.29) is 12.5 Å². The van der Waals surface area contributed by atoms with Gasteiger partial charge in [-0.05, 0) is 43.5 Å². The zero-order valence-corrected chi connectivity index (χ0v) is 16.4. The van der Waals surface area contributed by atoms with Crippen molar-refractivity contribution < 1.29 is 9.53 Å². The number of ether oxygens (including phenoxy) is 1. The molecule has 0 aliphatic rings. The predicted octanol–water partition coefficient (Wildman–Crippen LogP) is 4.44. The smallest absolute Gasteiger partial charge is 0.264 e. The second-order valence-electron chi connectivity index (χ2n) is 4.93.